The number of amides is 2. The van der Waals surface area contributed by atoms with E-state index in [0.29, 0.717) is 18.5 Å². The lowest BCUT2D eigenvalue weighted by Crippen LogP contribution is -2.31. The smallest absolute Gasteiger partial charge is 0.251 e. The van der Waals surface area contributed by atoms with Gasteiger partial charge in [-0.2, -0.15) is 0 Å². The molecular formula is C19H20N2O2. The molecule has 0 aliphatic carbocycles. The van der Waals surface area contributed by atoms with Crippen LogP contribution in [0.1, 0.15) is 33.5 Å². The molecule has 2 aromatic rings. The van der Waals surface area contributed by atoms with E-state index in [4.69, 9.17) is 0 Å². The van der Waals surface area contributed by atoms with Crippen molar-refractivity contribution in [1.82, 2.24) is 5.32 Å². The van der Waals surface area contributed by atoms with Crippen molar-refractivity contribution in [2.45, 2.75) is 26.3 Å². The maximum atomic E-state index is 12.1. The molecule has 0 spiro atoms. The number of nitrogens with zero attached hydrogens (tertiary/aromatic N) is 1. The number of aryl methyl sites for hydroxylation is 2. The molecule has 0 radical (unpaired) electrons. The van der Waals surface area contributed by atoms with Crippen molar-refractivity contribution in [2.24, 2.45) is 0 Å². The molecule has 1 aliphatic rings. The molecule has 1 N–H and O–H groups in total. The fraction of sp³-hybridized carbons (Fsp3) is 0.263. The van der Waals surface area contributed by atoms with Gasteiger partial charge >= 0.3 is 0 Å². The van der Waals surface area contributed by atoms with E-state index in [-0.39, 0.29) is 11.8 Å². The minimum absolute atomic E-state index is 0.0741. The summed E-state index contributed by atoms with van der Waals surface area (Å²) in [7, 11) is 1.80. The fourth-order valence-corrected chi connectivity index (χ4v) is 2.81. The largest absolute Gasteiger partial charge is 0.348 e. The van der Waals surface area contributed by atoms with E-state index < -0.39 is 0 Å². The van der Waals surface area contributed by atoms with Gasteiger partial charge in [0.25, 0.3) is 5.91 Å². The van der Waals surface area contributed by atoms with Crippen LogP contribution < -0.4 is 10.2 Å². The van der Waals surface area contributed by atoms with E-state index in [9.17, 15) is 9.59 Å². The molecule has 0 unspecified atom stereocenters. The first-order chi connectivity index (χ1) is 11.0. The molecule has 2 aromatic carbocycles. The number of hydrogen-bond acceptors (Lipinski definition) is 2. The number of hydrogen-bond donors (Lipinski definition) is 1. The van der Waals surface area contributed by atoms with Gasteiger partial charge < -0.3 is 10.2 Å². The number of anilines is 1. The number of rotatable bonds is 3. The number of nitrogens with one attached hydrogen (secondary N) is 1. The van der Waals surface area contributed by atoms with Gasteiger partial charge in [-0.25, -0.2) is 0 Å². The summed E-state index contributed by atoms with van der Waals surface area (Å²) in [5.41, 5.74) is 4.98. The van der Waals surface area contributed by atoms with Crippen molar-refractivity contribution >= 4 is 17.5 Å². The van der Waals surface area contributed by atoms with Crippen molar-refractivity contribution in [3.8, 4) is 0 Å². The molecule has 2 amide bonds. The molecule has 0 saturated carbocycles. The van der Waals surface area contributed by atoms with Crippen LogP contribution in [0, 0.1) is 6.92 Å². The van der Waals surface area contributed by atoms with E-state index in [1.54, 1.807) is 11.9 Å². The van der Waals surface area contributed by atoms with E-state index in [0.717, 1.165) is 28.8 Å². The summed E-state index contributed by atoms with van der Waals surface area (Å²) in [4.78, 5) is 25.6. The number of carbonyl (C=O) groups excluding carboxylic acids is 2. The molecule has 0 aromatic heterocycles. The Morgan fingerprint density at radius 2 is 1.87 bits per heavy atom. The predicted octanol–water partition coefficient (Wildman–Crippen LogP) is 2.83. The Kier molecular flexibility index (Phi) is 4.15. The van der Waals surface area contributed by atoms with Crippen molar-refractivity contribution in [3.05, 3.63) is 64.7 Å². The zero-order chi connectivity index (χ0) is 16.4. The van der Waals surface area contributed by atoms with Gasteiger partial charge in [0.2, 0.25) is 5.91 Å². The highest BCUT2D eigenvalue weighted by molar-refractivity contribution is 5.96. The molecule has 3 rings (SSSR count). The maximum absolute atomic E-state index is 12.1. The molecule has 23 heavy (non-hydrogen) atoms. The van der Waals surface area contributed by atoms with Crippen molar-refractivity contribution < 1.29 is 9.59 Å². The molecule has 1 heterocycles. The highest BCUT2D eigenvalue weighted by Crippen LogP contribution is 2.27. The Bertz CT molecular complexity index is 750. The molecule has 118 valence electrons. The SMILES string of the molecule is Cc1ccc(C(=O)NCc2ccc3c(c2)CCC(=O)N3C)cc1. The Morgan fingerprint density at radius 1 is 1.13 bits per heavy atom. The van der Waals surface area contributed by atoms with Gasteiger partial charge in [-0.3, -0.25) is 9.59 Å². The second-order valence-electron chi connectivity index (χ2n) is 5.96. The van der Waals surface area contributed by atoms with Crippen molar-refractivity contribution in [1.29, 1.82) is 0 Å². The minimum Gasteiger partial charge on any atom is -0.348 e. The summed E-state index contributed by atoms with van der Waals surface area (Å²) in [5.74, 6) is 0.0768. The van der Waals surface area contributed by atoms with E-state index in [1.165, 1.54) is 0 Å². The molecule has 0 fully saturated rings. The minimum atomic E-state index is -0.0741. The Labute approximate surface area is 136 Å². The third kappa shape index (κ3) is 3.26. The Morgan fingerprint density at radius 3 is 2.61 bits per heavy atom. The monoisotopic (exact) mass is 308 g/mol. The molecule has 4 heteroatoms. The summed E-state index contributed by atoms with van der Waals surface area (Å²) < 4.78 is 0. The Hall–Kier alpha value is -2.62. The molecule has 4 nitrogen and oxygen atoms in total. The third-order valence-electron chi connectivity index (χ3n) is 4.25. The van der Waals surface area contributed by atoms with Crippen LogP contribution in [0.2, 0.25) is 0 Å². The molecule has 0 saturated heterocycles. The predicted molar refractivity (Wildman–Crippen MR) is 90.5 cm³/mol. The van der Waals surface area contributed by atoms with E-state index >= 15 is 0 Å². The first-order valence-electron chi connectivity index (χ1n) is 7.78. The van der Waals surface area contributed by atoms with Gasteiger partial charge in [0.1, 0.15) is 0 Å². The lowest BCUT2D eigenvalue weighted by Gasteiger charge is -2.26. The first kappa shape index (κ1) is 15.3. The van der Waals surface area contributed by atoms with Crippen molar-refractivity contribution in [2.75, 3.05) is 11.9 Å². The number of benzene rings is 2. The van der Waals surface area contributed by atoms with Crippen molar-refractivity contribution in [3.63, 3.8) is 0 Å². The second kappa shape index (κ2) is 6.24. The highest BCUT2D eigenvalue weighted by Gasteiger charge is 2.20. The average molecular weight is 308 g/mol. The van der Waals surface area contributed by atoms with Gasteiger partial charge in [0, 0.05) is 31.3 Å². The summed E-state index contributed by atoms with van der Waals surface area (Å²) in [6.45, 7) is 2.48. The molecule has 1 aliphatic heterocycles. The van der Waals surface area contributed by atoms with Gasteiger partial charge in [-0.1, -0.05) is 29.8 Å². The number of fused-ring (bicyclic) bond motifs is 1. The van der Waals surface area contributed by atoms with E-state index in [2.05, 4.69) is 11.4 Å². The number of carbonyl (C=O) groups is 2. The lowest BCUT2D eigenvalue weighted by atomic mass is 9.99. The van der Waals surface area contributed by atoms with Crippen LogP contribution in [-0.2, 0) is 17.8 Å². The van der Waals surface area contributed by atoms with Crippen LogP contribution in [0.5, 0.6) is 0 Å². The summed E-state index contributed by atoms with van der Waals surface area (Å²) in [6, 6.07) is 13.5. The van der Waals surface area contributed by atoms with Gasteiger partial charge in [0.05, 0.1) is 0 Å². The topological polar surface area (TPSA) is 49.4 Å². The molecule has 0 bridgehead atoms. The van der Waals surface area contributed by atoms with Crippen LogP contribution in [0.3, 0.4) is 0 Å². The molecule has 0 atom stereocenters. The zero-order valence-electron chi connectivity index (χ0n) is 13.4. The summed E-state index contributed by atoms with van der Waals surface area (Å²) >= 11 is 0. The van der Waals surface area contributed by atoms with Crippen LogP contribution in [-0.4, -0.2) is 18.9 Å². The van der Waals surface area contributed by atoms with Crippen LogP contribution in [0.25, 0.3) is 0 Å². The zero-order valence-corrected chi connectivity index (χ0v) is 13.4. The molecular weight excluding hydrogens is 288 g/mol. The summed E-state index contributed by atoms with van der Waals surface area (Å²) in [6.07, 6.45) is 1.31. The van der Waals surface area contributed by atoms with Crippen LogP contribution in [0.15, 0.2) is 42.5 Å². The highest BCUT2D eigenvalue weighted by atomic mass is 16.2. The van der Waals surface area contributed by atoms with Gasteiger partial charge in [0.15, 0.2) is 0 Å². The summed E-state index contributed by atoms with van der Waals surface area (Å²) in [5, 5.41) is 2.94. The second-order valence-corrected chi connectivity index (χ2v) is 5.96. The third-order valence-corrected chi connectivity index (χ3v) is 4.25. The normalized spacial score (nSPS) is 13.7. The van der Waals surface area contributed by atoms with E-state index in [1.807, 2.05) is 43.3 Å². The van der Waals surface area contributed by atoms with Gasteiger partial charge in [-0.15, -0.1) is 0 Å². The maximum Gasteiger partial charge on any atom is 0.251 e. The van der Waals surface area contributed by atoms with Crippen LogP contribution in [0.4, 0.5) is 5.69 Å². The fourth-order valence-electron chi connectivity index (χ4n) is 2.81. The Balaban J connectivity index is 1.68. The van der Waals surface area contributed by atoms with Gasteiger partial charge in [-0.05, 0) is 42.7 Å². The standard InChI is InChI=1S/C19H20N2O2/c1-13-3-6-15(7-4-13)19(23)20-12-14-5-9-17-16(11-14)8-10-18(22)21(17)2/h3-7,9,11H,8,10,12H2,1-2H3,(H,20,23). The quantitative estimate of drug-likeness (QED) is 0.948. The van der Waals surface area contributed by atoms with Crippen LogP contribution >= 0.6 is 0 Å². The first-order valence-corrected chi connectivity index (χ1v) is 7.78. The average Bonchev–Trinajstić information content (AvgIpc) is 2.56. The lowest BCUT2D eigenvalue weighted by molar-refractivity contribution is -0.118.